The number of thiocarbonyl (C=S) groups is 1. The second-order valence-corrected chi connectivity index (χ2v) is 9.20. The van der Waals surface area contributed by atoms with Crippen LogP contribution >= 0.6 is 24.0 Å². The number of para-hydroxylation sites is 1. The fourth-order valence-corrected chi connectivity index (χ4v) is 4.91. The molecule has 8 heteroatoms. The number of hydrogen-bond donors (Lipinski definition) is 0. The van der Waals surface area contributed by atoms with Crippen LogP contribution in [-0.4, -0.2) is 31.5 Å². The fraction of sp³-hybridized carbons (Fsp3) is 0.115. The predicted molar refractivity (Wildman–Crippen MR) is 138 cm³/mol. The molecule has 0 spiro atoms. The molecule has 0 saturated carbocycles. The molecule has 2 aromatic carbocycles. The lowest BCUT2D eigenvalue weighted by atomic mass is 10.1. The van der Waals surface area contributed by atoms with Crippen LogP contribution in [0.3, 0.4) is 0 Å². The highest BCUT2D eigenvalue weighted by atomic mass is 32.2. The zero-order chi connectivity index (χ0) is 23.5. The van der Waals surface area contributed by atoms with Gasteiger partial charge in [-0.15, -0.1) is 0 Å². The highest BCUT2D eigenvalue weighted by Crippen LogP contribution is 2.36. The number of aromatic nitrogens is 2. The highest BCUT2D eigenvalue weighted by molar-refractivity contribution is 8.26. The van der Waals surface area contributed by atoms with E-state index in [-0.39, 0.29) is 5.91 Å². The summed E-state index contributed by atoms with van der Waals surface area (Å²) in [6.07, 6.45) is 5.37. The van der Waals surface area contributed by atoms with Gasteiger partial charge in [-0.25, -0.2) is 4.68 Å². The molecule has 5 rings (SSSR count). The Morgan fingerprint density at radius 1 is 1.12 bits per heavy atom. The van der Waals surface area contributed by atoms with Crippen molar-refractivity contribution in [1.29, 1.82) is 0 Å². The first-order valence-electron chi connectivity index (χ1n) is 10.8. The lowest BCUT2D eigenvalue weighted by Crippen LogP contribution is -2.27. The first kappa shape index (κ1) is 22.2. The van der Waals surface area contributed by atoms with E-state index >= 15 is 0 Å². The normalized spacial score (nSPS) is 14.9. The van der Waals surface area contributed by atoms with Gasteiger partial charge in [-0.1, -0.05) is 54.3 Å². The average molecular weight is 488 g/mol. The van der Waals surface area contributed by atoms with Gasteiger partial charge >= 0.3 is 0 Å². The molecule has 3 heterocycles. The third-order valence-electron chi connectivity index (χ3n) is 5.24. The molecule has 1 fully saturated rings. The Kier molecular flexibility index (Phi) is 6.33. The van der Waals surface area contributed by atoms with Crippen LogP contribution in [0.15, 0.2) is 88.5 Å². The SMILES string of the molecule is CCOc1cccc(-c2nn(-c3ccccc3)cc2/C=C2\SC(=S)N(Cc3ccco3)C2=O)c1. The molecule has 170 valence electrons. The molecule has 2 aromatic heterocycles. The molecule has 0 atom stereocenters. The van der Waals surface area contributed by atoms with Gasteiger partial charge in [0.15, 0.2) is 0 Å². The van der Waals surface area contributed by atoms with E-state index in [4.69, 9.17) is 26.5 Å². The molecule has 0 radical (unpaired) electrons. The van der Waals surface area contributed by atoms with Crippen LogP contribution in [0.5, 0.6) is 5.75 Å². The van der Waals surface area contributed by atoms with Crippen molar-refractivity contribution in [2.45, 2.75) is 13.5 Å². The molecule has 1 aliphatic heterocycles. The second-order valence-electron chi connectivity index (χ2n) is 7.52. The van der Waals surface area contributed by atoms with Crippen LogP contribution in [0, 0.1) is 0 Å². The van der Waals surface area contributed by atoms with E-state index in [0.29, 0.717) is 28.1 Å². The van der Waals surface area contributed by atoms with E-state index in [1.165, 1.54) is 11.8 Å². The van der Waals surface area contributed by atoms with Gasteiger partial charge in [-0.3, -0.25) is 9.69 Å². The third-order valence-corrected chi connectivity index (χ3v) is 6.61. The first-order chi connectivity index (χ1) is 16.6. The Balaban J connectivity index is 1.54. The smallest absolute Gasteiger partial charge is 0.266 e. The van der Waals surface area contributed by atoms with E-state index in [1.807, 2.05) is 84.5 Å². The van der Waals surface area contributed by atoms with Crippen LogP contribution in [0.2, 0.25) is 0 Å². The number of nitrogens with zero attached hydrogens (tertiary/aromatic N) is 3. The number of amides is 1. The van der Waals surface area contributed by atoms with Crippen LogP contribution < -0.4 is 4.74 Å². The van der Waals surface area contributed by atoms with Crippen molar-refractivity contribution in [3.63, 3.8) is 0 Å². The van der Waals surface area contributed by atoms with Gasteiger partial charge in [0.25, 0.3) is 5.91 Å². The third kappa shape index (κ3) is 4.55. The molecule has 1 aliphatic rings. The number of thioether (sulfide) groups is 1. The number of carbonyl (C=O) groups excluding carboxylic acids is 1. The van der Waals surface area contributed by atoms with Crippen molar-refractivity contribution < 1.29 is 13.9 Å². The van der Waals surface area contributed by atoms with Gasteiger partial charge in [0.1, 0.15) is 21.5 Å². The summed E-state index contributed by atoms with van der Waals surface area (Å²) in [5, 5.41) is 4.85. The van der Waals surface area contributed by atoms with E-state index in [9.17, 15) is 4.79 Å². The quantitative estimate of drug-likeness (QED) is 0.238. The summed E-state index contributed by atoms with van der Waals surface area (Å²) >= 11 is 6.77. The molecular weight excluding hydrogens is 466 g/mol. The molecule has 0 aliphatic carbocycles. The first-order valence-corrected chi connectivity index (χ1v) is 12.0. The molecule has 4 aromatic rings. The van der Waals surface area contributed by atoms with Crippen LogP contribution in [0.1, 0.15) is 18.2 Å². The van der Waals surface area contributed by atoms with Crippen molar-refractivity contribution in [3.05, 3.63) is 95.4 Å². The van der Waals surface area contributed by atoms with Gasteiger partial charge in [0.05, 0.1) is 30.0 Å². The minimum Gasteiger partial charge on any atom is -0.494 e. The molecule has 34 heavy (non-hydrogen) atoms. The largest absolute Gasteiger partial charge is 0.494 e. The zero-order valence-electron chi connectivity index (χ0n) is 18.4. The van der Waals surface area contributed by atoms with E-state index < -0.39 is 0 Å². The van der Waals surface area contributed by atoms with Crippen molar-refractivity contribution in [2.75, 3.05) is 6.61 Å². The predicted octanol–water partition coefficient (Wildman–Crippen LogP) is 5.93. The van der Waals surface area contributed by atoms with Gasteiger partial charge in [-0.05, 0) is 49.4 Å². The molecular formula is C26H21N3O3S2. The van der Waals surface area contributed by atoms with Gasteiger partial charge in [0.2, 0.25) is 0 Å². The standard InChI is InChI=1S/C26H21N3O3S2/c1-2-31-21-11-6-8-18(14-21)24-19(16-29(27-24)20-9-4-3-5-10-20)15-23-25(30)28(26(33)34-23)17-22-12-7-13-32-22/h3-16H,2,17H2,1H3/b23-15-. The van der Waals surface area contributed by atoms with Crippen LogP contribution in [-0.2, 0) is 11.3 Å². The van der Waals surface area contributed by atoms with Crippen LogP contribution in [0.4, 0.5) is 0 Å². The van der Waals surface area contributed by atoms with Gasteiger partial charge in [0, 0.05) is 17.3 Å². The highest BCUT2D eigenvalue weighted by Gasteiger charge is 2.33. The monoisotopic (exact) mass is 487 g/mol. The zero-order valence-corrected chi connectivity index (χ0v) is 20.0. The number of benzene rings is 2. The molecule has 6 nitrogen and oxygen atoms in total. The Hall–Kier alpha value is -3.62. The van der Waals surface area contributed by atoms with Crippen molar-refractivity contribution in [3.8, 4) is 22.7 Å². The van der Waals surface area contributed by atoms with Crippen molar-refractivity contribution in [1.82, 2.24) is 14.7 Å². The Bertz CT molecular complexity index is 1360. The summed E-state index contributed by atoms with van der Waals surface area (Å²) in [7, 11) is 0. The number of furan rings is 1. The topological polar surface area (TPSA) is 60.5 Å². The van der Waals surface area contributed by atoms with Crippen LogP contribution in [0.25, 0.3) is 23.0 Å². The molecule has 1 saturated heterocycles. The summed E-state index contributed by atoms with van der Waals surface area (Å²) < 4.78 is 13.4. The van der Waals surface area contributed by atoms with E-state index in [0.717, 1.165) is 28.3 Å². The van der Waals surface area contributed by atoms with E-state index in [2.05, 4.69) is 0 Å². The molecule has 0 N–H and O–H groups in total. The van der Waals surface area contributed by atoms with E-state index in [1.54, 1.807) is 17.2 Å². The van der Waals surface area contributed by atoms with Crippen molar-refractivity contribution >= 4 is 40.3 Å². The minimum absolute atomic E-state index is 0.145. The lowest BCUT2D eigenvalue weighted by Gasteiger charge is -2.11. The van der Waals surface area contributed by atoms with Gasteiger partial charge in [-0.2, -0.15) is 5.10 Å². The minimum atomic E-state index is -0.145. The molecule has 1 amide bonds. The Morgan fingerprint density at radius 2 is 1.97 bits per heavy atom. The Labute approximate surface area is 206 Å². The second kappa shape index (κ2) is 9.70. The molecule has 0 bridgehead atoms. The summed E-state index contributed by atoms with van der Waals surface area (Å²) in [5.41, 5.74) is 3.39. The number of ether oxygens (including phenoxy) is 1. The number of hydrogen-bond acceptors (Lipinski definition) is 6. The summed E-state index contributed by atoms with van der Waals surface area (Å²) in [6, 6.07) is 21.3. The number of rotatable bonds is 7. The maximum Gasteiger partial charge on any atom is 0.266 e. The Morgan fingerprint density at radius 3 is 2.74 bits per heavy atom. The average Bonchev–Trinajstić information content (AvgIpc) is 3.58. The van der Waals surface area contributed by atoms with Crippen molar-refractivity contribution in [2.24, 2.45) is 0 Å². The summed E-state index contributed by atoms with van der Waals surface area (Å²) in [6.45, 7) is 2.83. The fourth-order valence-electron chi connectivity index (χ4n) is 3.67. The number of carbonyl (C=O) groups is 1. The summed E-state index contributed by atoms with van der Waals surface area (Å²) in [5.74, 6) is 1.31. The lowest BCUT2D eigenvalue weighted by molar-refractivity contribution is -0.122. The molecule has 0 unspecified atom stereocenters. The van der Waals surface area contributed by atoms with Gasteiger partial charge < -0.3 is 9.15 Å². The summed E-state index contributed by atoms with van der Waals surface area (Å²) in [4.78, 5) is 15.3. The maximum atomic E-state index is 13.2. The maximum absolute atomic E-state index is 13.2.